The van der Waals surface area contributed by atoms with Crippen LogP contribution in [0.15, 0.2) is 0 Å². The zero-order valence-corrected chi connectivity index (χ0v) is 14.8. The highest BCUT2D eigenvalue weighted by Gasteiger charge is 2.20. The molecule has 4 unspecified atom stereocenters. The summed E-state index contributed by atoms with van der Waals surface area (Å²) in [6.07, 6.45) is -4.81. The smallest absolute Gasteiger partial charge is 0.306 e. The molecule has 0 fully saturated rings. The Morgan fingerprint density at radius 3 is 1.23 bits per heavy atom. The van der Waals surface area contributed by atoms with Crippen LogP contribution < -0.4 is 0 Å². The van der Waals surface area contributed by atoms with Gasteiger partial charge in [-0.1, -0.05) is 0 Å². The molecule has 0 saturated carbocycles. The summed E-state index contributed by atoms with van der Waals surface area (Å²) in [4.78, 5) is 13.8. The van der Waals surface area contributed by atoms with Crippen LogP contribution in [0.5, 0.6) is 0 Å². The summed E-state index contributed by atoms with van der Waals surface area (Å²) in [6.45, 7) is -0.985. The summed E-state index contributed by atoms with van der Waals surface area (Å²) in [6, 6.07) is 0. The van der Waals surface area contributed by atoms with Crippen molar-refractivity contribution in [2.24, 2.45) is 0 Å². The Labute approximate surface area is 152 Å². The van der Waals surface area contributed by atoms with E-state index in [1.807, 2.05) is 0 Å². The number of hydrogen-bond acceptors (Lipinski definition) is 10. The summed E-state index contributed by atoms with van der Waals surface area (Å²) in [7, 11) is 0. The molecule has 0 aromatic heterocycles. The zero-order chi connectivity index (χ0) is 20.1. The van der Waals surface area contributed by atoms with Crippen molar-refractivity contribution in [3.8, 4) is 0 Å². The molecular weight excluding hydrogens is 352 g/mol. The lowest BCUT2D eigenvalue weighted by atomic mass is 10.2. The van der Waals surface area contributed by atoms with E-state index in [0.29, 0.717) is 0 Å². The Morgan fingerprint density at radius 2 is 0.962 bits per heavy atom. The molecule has 0 radical (unpaired) electrons. The molecule has 156 valence electrons. The van der Waals surface area contributed by atoms with E-state index in [0.717, 1.165) is 0 Å². The van der Waals surface area contributed by atoms with Crippen LogP contribution in [0.4, 0.5) is 0 Å². The predicted molar refractivity (Wildman–Crippen MR) is 90.4 cm³/mol. The molecule has 0 heterocycles. The predicted octanol–water partition coefficient (Wildman–Crippen LogP) is -4.51. The van der Waals surface area contributed by atoms with Crippen molar-refractivity contribution in [2.45, 2.75) is 30.8 Å². The molecule has 4 atom stereocenters. The number of rotatable bonds is 16. The van der Waals surface area contributed by atoms with Crippen LogP contribution in [0.25, 0.3) is 0 Å². The van der Waals surface area contributed by atoms with Crippen molar-refractivity contribution in [2.75, 3.05) is 59.1 Å². The number of aliphatic hydroxyl groups excluding tert-OH is 7. The fourth-order valence-corrected chi connectivity index (χ4v) is 2.43. The lowest BCUT2D eigenvalue weighted by Gasteiger charge is -2.31. The summed E-state index contributed by atoms with van der Waals surface area (Å²) < 4.78 is 0. The van der Waals surface area contributed by atoms with Crippen molar-refractivity contribution < 1.29 is 45.6 Å². The van der Waals surface area contributed by atoms with Gasteiger partial charge in [-0.2, -0.15) is 0 Å². The normalized spacial score (nSPS) is 16.7. The van der Waals surface area contributed by atoms with E-state index in [-0.39, 0.29) is 39.3 Å². The van der Waals surface area contributed by atoms with Gasteiger partial charge in [-0.3, -0.25) is 14.6 Å². The van der Waals surface area contributed by atoms with Crippen molar-refractivity contribution >= 4 is 5.97 Å². The van der Waals surface area contributed by atoms with Gasteiger partial charge < -0.3 is 40.9 Å². The van der Waals surface area contributed by atoms with Gasteiger partial charge in [0.05, 0.1) is 50.7 Å². The van der Waals surface area contributed by atoms with E-state index in [2.05, 4.69) is 0 Å². The molecule has 0 spiro atoms. The van der Waals surface area contributed by atoms with Crippen LogP contribution in [0.3, 0.4) is 0 Å². The van der Waals surface area contributed by atoms with Crippen LogP contribution in [-0.2, 0) is 4.79 Å². The fraction of sp³-hybridized carbons (Fsp3) is 0.933. The standard InChI is InChI=1S/C15H32N2O9/c18-8-12(22)5-16(4-11(21)3-15(25)26)1-2-17(6-13(23)9-19)7-14(24)10-20/h11-14,18-24H,1-10H2,(H,25,26). The third kappa shape index (κ3) is 12.5. The number of aliphatic hydroxyl groups is 7. The molecule has 11 heteroatoms. The van der Waals surface area contributed by atoms with Gasteiger partial charge in [-0.25, -0.2) is 0 Å². The molecule has 11 nitrogen and oxygen atoms in total. The van der Waals surface area contributed by atoms with E-state index in [1.54, 1.807) is 9.80 Å². The van der Waals surface area contributed by atoms with Gasteiger partial charge in [0.25, 0.3) is 0 Å². The Hall–Kier alpha value is -0.890. The highest BCUT2D eigenvalue weighted by atomic mass is 16.4. The molecular formula is C15H32N2O9. The van der Waals surface area contributed by atoms with Crippen LogP contribution in [0.1, 0.15) is 6.42 Å². The Bertz CT molecular complexity index is 363. The van der Waals surface area contributed by atoms with Gasteiger partial charge in [-0.05, 0) is 0 Å². The van der Waals surface area contributed by atoms with Crippen molar-refractivity contribution in [3.63, 3.8) is 0 Å². The highest BCUT2D eigenvalue weighted by Crippen LogP contribution is 2.03. The second kappa shape index (κ2) is 14.2. The molecule has 0 saturated heterocycles. The van der Waals surface area contributed by atoms with Crippen LogP contribution >= 0.6 is 0 Å². The van der Waals surface area contributed by atoms with Crippen molar-refractivity contribution in [1.29, 1.82) is 0 Å². The first-order valence-electron chi connectivity index (χ1n) is 8.43. The molecule has 0 aromatic carbocycles. The number of carboxylic acid groups (broad SMARTS) is 1. The summed E-state index contributed by atoms with van der Waals surface area (Å²) >= 11 is 0. The number of hydrogen-bond donors (Lipinski definition) is 8. The second-order valence-corrected chi connectivity index (χ2v) is 6.28. The van der Waals surface area contributed by atoms with Gasteiger partial charge >= 0.3 is 5.97 Å². The van der Waals surface area contributed by atoms with Crippen LogP contribution in [0, 0.1) is 0 Å². The molecule has 0 rings (SSSR count). The van der Waals surface area contributed by atoms with E-state index >= 15 is 0 Å². The average Bonchev–Trinajstić information content (AvgIpc) is 2.57. The fourth-order valence-electron chi connectivity index (χ4n) is 2.43. The third-order valence-corrected chi connectivity index (χ3v) is 3.65. The van der Waals surface area contributed by atoms with Crippen LogP contribution in [0.2, 0.25) is 0 Å². The third-order valence-electron chi connectivity index (χ3n) is 3.65. The average molecular weight is 384 g/mol. The summed E-state index contributed by atoms with van der Waals surface area (Å²) in [5, 5.41) is 74.2. The van der Waals surface area contributed by atoms with Gasteiger partial charge in [0.1, 0.15) is 0 Å². The van der Waals surface area contributed by atoms with E-state index in [9.17, 15) is 25.2 Å². The first-order chi connectivity index (χ1) is 12.2. The van der Waals surface area contributed by atoms with Crippen molar-refractivity contribution in [3.05, 3.63) is 0 Å². The minimum atomic E-state index is -1.17. The number of carboxylic acids is 1. The molecule has 0 aliphatic rings. The largest absolute Gasteiger partial charge is 0.481 e. The minimum absolute atomic E-state index is 0.00781. The molecule has 8 N–H and O–H groups in total. The maximum absolute atomic E-state index is 10.7. The molecule has 0 bridgehead atoms. The highest BCUT2D eigenvalue weighted by molar-refractivity contribution is 5.67. The number of nitrogens with zero attached hydrogens (tertiary/aromatic N) is 2. The molecule has 26 heavy (non-hydrogen) atoms. The Morgan fingerprint density at radius 1 is 0.654 bits per heavy atom. The van der Waals surface area contributed by atoms with E-state index in [1.165, 1.54) is 0 Å². The number of aliphatic carboxylic acids is 1. The topological polar surface area (TPSA) is 185 Å². The van der Waals surface area contributed by atoms with Gasteiger partial charge in [-0.15, -0.1) is 0 Å². The monoisotopic (exact) mass is 384 g/mol. The Kier molecular flexibility index (Phi) is 13.7. The minimum Gasteiger partial charge on any atom is -0.481 e. The lowest BCUT2D eigenvalue weighted by Crippen LogP contribution is -2.47. The zero-order valence-electron chi connectivity index (χ0n) is 14.8. The molecule has 0 amide bonds. The maximum Gasteiger partial charge on any atom is 0.306 e. The first-order valence-corrected chi connectivity index (χ1v) is 8.43. The van der Waals surface area contributed by atoms with E-state index < -0.39 is 56.6 Å². The second-order valence-electron chi connectivity index (χ2n) is 6.28. The maximum atomic E-state index is 10.7. The van der Waals surface area contributed by atoms with Gasteiger partial charge in [0.15, 0.2) is 0 Å². The number of carbonyl (C=O) groups is 1. The molecule has 0 aliphatic carbocycles. The first kappa shape index (κ1) is 25.1. The Balaban J connectivity index is 4.80. The van der Waals surface area contributed by atoms with Gasteiger partial charge in [0.2, 0.25) is 0 Å². The SMILES string of the molecule is O=C(O)CC(O)CN(CCN(CC(O)CO)CC(O)CO)CC(O)CO. The summed E-state index contributed by atoms with van der Waals surface area (Å²) in [5.74, 6) is -1.17. The summed E-state index contributed by atoms with van der Waals surface area (Å²) in [5.41, 5.74) is 0. The van der Waals surface area contributed by atoms with E-state index in [4.69, 9.17) is 20.4 Å². The molecule has 0 aromatic rings. The molecule has 0 aliphatic heterocycles. The van der Waals surface area contributed by atoms with Crippen LogP contribution in [-0.4, -0.2) is 140 Å². The lowest BCUT2D eigenvalue weighted by molar-refractivity contribution is -0.139. The van der Waals surface area contributed by atoms with Gasteiger partial charge in [0, 0.05) is 39.3 Å². The van der Waals surface area contributed by atoms with Crippen molar-refractivity contribution in [1.82, 2.24) is 9.80 Å². The quantitative estimate of drug-likeness (QED) is 0.128.